The van der Waals surface area contributed by atoms with Gasteiger partial charge < -0.3 is 10.3 Å². The van der Waals surface area contributed by atoms with Gasteiger partial charge in [0, 0.05) is 17.7 Å². The first-order valence-corrected chi connectivity index (χ1v) is 5.33. The van der Waals surface area contributed by atoms with Crippen molar-refractivity contribution in [3.8, 4) is 11.5 Å². The molecule has 0 aliphatic rings. The number of anilines is 1. The second-order valence-electron chi connectivity index (χ2n) is 4.24. The smallest absolute Gasteiger partial charge is 0.257 e. The van der Waals surface area contributed by atoms with Gasteiger partial charge in [-0.05, 0) is 24.1 Å². The average Bonchev–Trinajstić information content (AvgIpc) is 2.65. The summed E-state index contributed by atoms with van der Waals surface area (Å²) in [5.74, 6) is 1.79. The van der Waals surface area contributed by atoms with Crippen molar-refractivity contribution in [2.45, 2.75) is 20.3 Å². The first-order valence-electron chi connectivity index (χ1n) is 5.33. The fourth-order valence-electron chi connectivity index (χ4n) is 1.49. The lowest BCUT2D eigenvalue weighted by molar-refractivity contribution is 0.418. The van der Waals surface area contributed by atoms with E-state index in [9.17, 15) is 0 Å². The summed E-state index contributed by atoms with van der Waals surface area (Å²) in [6.45, 7) is 4.24. The van der Waals surface area contributed by atoms with Gasteiger partial charge in [-0.2, -0.15) is 4.98 Å². The molecular weight excluding hydrogens is 202 g/mol. The van der Waals surface area contributed by atoms with E-state index in [2.05, 4.69) is 24.0 Å². The van der Waals surface area contributed by atoms with Crippen LogP contribution in [0.4, 0.5) is 5.69 Å². The number of nitrogen functional groups attached to an aromatic ring is 1. The number of rotatable bonds is 3. The predicted molar refractivity (Wildman–Crippen MR) is 62.7 cm³/mol. The molecule has 2 rings (SSSR count). The van der Waals surface area contributed by atoms with Crippen LogP contribution in [0.5, 0.6) is 0 Å². The summed E-state index contributed by atoms with van der Waals surface area (Å²) in [7, 11) is 0. The van der Waals surface area contributed by atoms with E-state index < -0.39 is 0 Å². The maximum atomic E-state index is 5.69. The quantitative estimate of drug-likeness (QED) is 0.802. The van der Waals surface area contributed by atoms with Gasteiger partial charge in [-0.1, -0.05) is 25.1 Å². The van der Waals surface area contributed by atoms with Crippen LogP contribution in [-0.2, 0) is 6.42 Å². The topological polar surface area (TPSA) is 64.9 Å². The minimum absolute atomic E-state index is 0.520. The van der Waals surface area contributed by atoms with Crippen LogP contribution in [0.25, 0.3) is 11.5 Å². The lowest BCUT2D eigenvalue weighted by Gasteiger charge is -1.97. The zero-order valence-corrected chi connectivity index (χ0v) is 9.47. The lowest BCUT2D eigenvalue weighted by Crippen LogP contribution is -1.95. The molecule has 0 saturated heterocycles. The fourth-order valence-corrected chi connectivity index (χ4v) is 1.49. The molecule has 0 fully saturated rings. The first-order chi connectivity index (χ1) is 7.65. The number of hydrogen-bond donors (Lipinski definition) is 1. The summed E-state index contributed by atoms with van der Waals surface area (Å²) in [4.78, 5) is 4.33. The molecule has 84 valence electrons. The third-order valence-electron chi connectivity index (χ3n) is 2.19. The molecule has 0 amide bonds. The van der Waals surface area contributed by atoms with Gasteiger partial charge in [0.05, 0.1) is 0 Å². The molecule has 0 radical (unpaired) electrons. The van der Waals surface area contributed by atoms with Crippen molar-refractivity contribution in [2.24, 2.45) is 5.92 Å². The lowest BCUT2D eigenvalue weighted by atomic mass is 10.1. The highest BCUT2D eigenvalue weighted by Crippen LogP contribution is 2.19. The van der Waals surface area contributed by atoms with Gasteiger partial charge >= 0.3 is 0 Å². The summed E-state index contributed by atoms with van der Waals surface area (Å²) in [5, 5.41) is 3.94. The van der Waals surface area contributed by atoms with Crippen molar-refractivity contribution in [3.05, 3.63) is 30.1 Å². The van der Waals surface area contributed by atoms with Crippen LogP contribution in [-0.4, -0.2) is 10.1 Å². The normalized spacial score (nSPS) is 10.9. The molecule has 16 heavy (non-hydrogen) atoms. The van der Waals surface area contributed by atoms with Crippen LogP contribution in [0, 0.1) is 5.92 Å². The Bertz CT molecular complexity index is 477. The summed E-state index contributed by atoms with van der Waals surface area (Å²) in [5.41, 5.74) is 7.25. The summed E-state index contributed by atoms with van der Waals surface area (Å²) < 4.78 is 5.19. The first kappa shape index (κ1) is 10.7. The van der Waals surface area contributed by atoms with Crippen molar-refractivity contribution in [1.82, 2.24) is 10.1 Å². The Morgan fingerprint density at radius 3 is 2.88 bits per heavy atom. The van der Waals surface area contributed by atoms with Crippen molar-refractivity contribution in [1.29, 1.82) is 0 Å². The van der Waals surface area contributed by atoms with E-state index in [1.165, 1.54) is 0 Å². The molecule has 1 aromatic heterocycles. The maximum Gasteiger partial charge on any atom is 0.257 e. The van der Waals surface area contributed by atoms with E-state index in [1.807, 2.05) is 24.3 Å². The summed E-state index contributed by atoms with van der Waals surface area (Å²) in [6, 6.07) is 7.43. The molecule has 4 nitrogen and oxygen atoms in total. The third kappa shape index (κ3) is 2.39. The van der Waals surface area contributed by atoms with E-state index in [4.69, 9.17) is 10.3 Å². The number of benzene rings is 1. The van der Waals surface area contributed by atoms with E-state index in [0.29, 0.717) is 17.5 Å². The fraction of sp³-hybridized carbons (Fsp3) is 0.333. The van der Waals surface area contributed by atoms with Gasteiger partial charge in [-0.25, -0.2) is 0 Å². The standard InChI is InChI=1S/C12H15N3O/c1-8(2)6-11-14-12(16-15-11)9-4-3-5-10(13)7-9/h3-5,7-8H,6,13H2,1-2H3. The maximum absolute atomic E-state index is 5.69. The third-order valence-corrected chi connectivity index (χ3v) is 2.19. The largest absolute Gasteiger partial charge is 0.399 e. The Labute approximate surface area is 94.5 Å². The van der Waals surface area contributed by atoms with Crippen molar-refractivity contribution >= 4 is 5.69 Å². The Hall–Kier alpha value is -1.84. The molecule has 2 aromatic rings. The highest BCUT2D eigenvalue weighted by Gasteiger charge is 2.09. The van der Waals surface area contributed by atoms with E-state index >= 15 is 0 Å². The monoisotopic (exact) mass is 217 g/mol. The molecule has 1 heterocycles. The highest BCUT2D eigenvalue weighted by atomic mass is 16.5. The van der Waals surface area contributed by atoms with E-state index in [0.717, 1.165) is 17.8 Å². The predicted octanol–water partition coefficient (Wildman–Crippen LogP) is 2.52. The Balaban J connectivity index is 2.24. The molecule has 0 aliphatic carbocycles. The van der Waals surface area contributed by atoms with Crippen LogP contribution in [0.2, 0.25) is 0 Å². The van der Waals surface area contributed by atoms with Crippen LogP contribution in [0.1, 0.15) is 19.7 Å². The molecule has 4 heteroatoms. The molecule has 0 unspecified atom stereocenters. The second-order valence-corrected chi connectivity index (χ2v) is 4.24. The number of nitrogens with zero attached hydrogens (tertiary/aromatic N) is 2. The minimum Gasteiger partial charge on any atom is -0.399 e. The van der Waals surface area contributed by atoms with E-state index in [-0.39, 0.29) is 0 Å². The second kappa shape index (κ2) is 4.35. The van der Waals surface area contributed by atoms with Crippen LogP contribution in [0.3, 0.4) is 0 Å². The van der Waals surface area contributed by atoms with Crippen molar-refractivity contribution in [3.63, 3.8) is 0 Å². The van der Waals surface area contributed by atoms with Crippen LogP contribution >= 0.6 is 0 Å². The molecule has 0 aliphatic heterocycles. The van der Waals surface area contributed by atoms with Gasteiger partial charge in [0.2, 0.25) is 0 Å². The van der Waals surface area contributed by atoms with Gasteiger partial charge in [0.1, 0.15) is 0 Å². The van der Waals surface area contributed by atoms with Gasteiger partial charge in [-0.15, -0.1) is 0 Å². The van der Waals surface area contributed by atoms with Crippen molar-refractivity contribution < 1.29 is 4.52 Å². The van der Waals surface area contributed by atoms with E-state index in [1.54, 1.807) is 0 Å². The van der Waals surface area contributed by atoms with Gasteiger partial charge in [-0.3, -0.25) is 0 Å². The number of aromatic nitrogens is 2. The Morgan fingerprint density at radius 2 is 2.19 bits per heavy atom. The molecular formula is C12H15N3O. The van der Waals surface area contributed by atoms with Gasteiger partial charge in [0.25, 0.3) is 5.89 Å². The molecule has 0 spiro atoms. The minimum atomic E-state index is 0.520. The summed E-state index contributed by atoms with van der Waals surface area (Å²) in [6.07, 6.45) is 0.825. The van der Waals surface area contributed by atoms with Gasteiger partial charge in [0.15, 0.2) is 5.82 Å². The van der Waals surface area contributed by atoms with Crippen LogP contribution in [0.15, 0.2) is 28.8 Å². The summed E-state index contributed by atoms with van der Waals surface area (Å²) >= 11 is 0. The Kier molecular flexibility index (Phi) is 2.90. The number of hydrogen-bond acceptors (Lipinski definition) is 4. The zero-order valence-electron chi connectivity index (χ0n) is 9.47. The average molecular weight is 217 g/mol. The molecule has 1 aromatic carbocycles. The SMILES string of the molecule is CC(C)Cc1noc(-c2cccc(N)c2)n1. The van der Waals surface area contributed by atoms with Crippen molar-refractivity contribution in [2.75, 3.05) is 5.73 Å². The highest BCUT2D eigenvalue weighted by molar-refractivity contribution is 5.59. The zero-order chi connectivity index (χ0) is 11.5. The number of nitrogens with two attached hydrogens (primary N) is 1. The molecule has 0 saturated carbocycles. The van der Waals surface area contributed by atoms with Crippen LogP contribution < -0.4 is 5.73 Å². The Morgan fingerprint density at radius 1 is 1.38 bits per heavy atom. The molecule has 2 N–H and O–H groups in total. The molecule has 0 atom stereocenters. The molecule has 0 bridgehead atoms.